The van der Waals surface area contributed by atoms with Gasteiger partial charge in [-0.3, -0.25) is 24.3 Å². The van der Waals surface area contributed by atoms with Gasteiger partial charge in [-0.15, -0.1) is 0 Å². The van der Waals surface area contributed by atoms with E-state index in [4.69, 9.17) is 4.42 Å². The van der Waals surface area contributed by atoms with Crippen LogP contribution >= 0.6 is 0 Å². The molecule has 0 N–H and O–H groups in total. The molecule has 3 aromatic heterocycles. The van der Waals surface area contributed by atoms with Gasteiger partial charge in [0.1, 0.15) is 11.0 Å². The molecule has 208 valence electrons. The number of rotatable bonds is 8. The number of benzene rings is 1. The average molecular weight is 542 g/mol. The van der Waals surface area contributed by atoms with E-state index < -0.39 is 5.41 Å². The number of carbonyl (C=O) groups is 2. The highest BCUT2D eigenvalue weighted by Gasteiger charge is 2.45. The van der Waals surface area contributed by atoms with Gasteiger partial charge in [-0.25, -0.2) is 0 Å². The standard InChI is InChI=1S/C31H35N5O4/c1-6-36-25-10-9-22(18-26(25)33(5)29(38)31(3,4)30(36)39)19-34(20-24-21(2)8-7-13-32-24)15-16-35-14-11-27-23(28(35)37)12-17-40-27/h7-14,17-18H,6,15-16,19-20H2,1-5H3. The maximum atomic E-state index is 13.3. The summed E-state index contributed by atoms with van der Waals surface area (Å²) in [6.07, 6.45) is 5.08. The Hall–Kier alpha value is -4.24. The Bertz CT molecular complexity index is 1640. The Kier molecular flexibility index (Phi) is 7.33. The van der Waals surface area contributed by atoms with E-state index >= 15 is 0 Å². The fraction of sp³-hybridized carbons (Fsp3) is 0.355. The van der Waals surface area contributed by atoms with Crippen molar-refractivity contribution in [2.75, 3.05) is 29.9 Å². The highest BCUT2D eigenvalue weighted by Crippen LogP contribution is 2.39. The molecule has 4 heterocycles. The molecule has 0 fully saturated rings. The second-order valence-electron chi connectivity index (χ2n) is 10.9. The summed E-state index contributed by atoms with van der Waals surface area (Å²) in [7, 11) is 1.73. The number of amides is 2. The summed E-state index contributed by atoms with van der Waals surface area (Å²) in [5.74, 6) is -0.438. The molecule has 0 unspecified atom stereocenters. The molecule has 9 nitrogen and oxygen atoms in total. The smallest absolute Gasteiger partial charge is 0.261 e. The number of fused-ring (bicyclic) bond motifs is 2. The van der Waals surface area contributed by atoms with Gasteiger partial charge in [-0.1, -0.05) is 12.1 Å². The largest absolute Gasteiger partial charge is 0.464 e. The lowest BCUT2D eigenvalue weighted by atomic mass is 9.90. The number of carbonyl (C=O) groups excluding carboxylic acids is 2. The molecule has 9 heteroatoms. The minimum Gasteiger partial charge on any atom is -0.464 e. The number of aryl methyl sites for hydroxylation is 1. The number of nitrogens with zero attached hydrogens (tertiary/aromatic N) is 5. The Balaban J connectivity index is 1.46. The normalized spacial score (nSPS) is 15.2. The number of aromatic nitrogens is 2. The van der Waals surface area contributed by atoms with Crippen LogP contribution in [0.15, 0.2) is 70.3 Å². The van der Waals surface area contributed by atoms with E-state index in [1.807, 2.05) is 50.2 Å². The second-order valence-corrected chi connectivity index (χ2v) is 10.9. The first-order valence-corrected chi connectivity index (χ1v) is 13.5. The van der Waals surface area contributed by atoms with Crippen LogP contribution in [0.1, 0.15) is 37.6 Å². The summed E-state index contributed by atoms with van der Waals surface area (Å²) < 4.78 is 7.07. The number of anilines is 2. The molecule has 0 radical (unpaired) electrons. The molecule has 0 saturated heterocycles. The van der Waals surface area contributed by atoms with E-state index in [1.54, 1.807) is 53.7 Å². The Morgan fingerprint density at radius 3 is 2.55 bits per heavy atom. The van der Waals surface area contributed by atoms with E-state index in [2.05, 4.69) is 9.88 Å². The highest BCUT2D eigenvalue weighted by atomic mass is 16.3. The van der Waals surface area contributed by atoms with Crippen molar-refractivity contribution in [2.45, 2.75) is 47.3 Å². The van der Waals surface area contributed by atoms with E-state index in [-0.39, 0.29) is 17.4 Å². The van der Waals surface area contributed by atoms with Crippen molar-refractivity contribution in [3.8, 4) is 0 Å². The molecule has 1 aromatic carbocycles. The minimum atomic E-state index is -1.16. The quantitative estimate of drug-likeness (QED) is 0.308. The predicted molar refractivity (Wildman–Crippen MR) is 155 cm³/mol. The topological polar surface area (TPSA) is 91.9 Å². The third-order valence-corrected chi connectivity index (χ3v) is 7.77. The molecule has 0 saturated carbocycles. The zero-order valence-corrected chi connectivity index (χ0v) is 23.7. The van der Waals surface area contributed by atoms with Crippen LogP contribution in [0.3, 0.4) is 0 Å². The fourth-order valence-electron chi connectivity index (χ4n) is 5.35. The van der Waals surface area contributed by atoms with Crippen molar-refractivity contribution in [1.82, 2.24) is 14.5 Å². The minimum absolute atomic E-state index is 0.0858. The van der Waals surface area contributed by atoms with E-state index in [1.165, 1.54) is 6.26 Å². The summed E-state index contributed by atoms with van der Waals surface area (Å²) >= 11 is 0. The molecule has 0 atom stereocenters. The Morgan fingerprint density at radius 1 is 1.00 bits per heavy atom. The van der Waals surface area contributed by atoms with Gasteiger partial charge in [0.2, 0.25) is 11.8 Å². The first-order chi connectivity index (χ1) is 19.1. The van der Waals surface area contributed by atoms with Crippen LogP contribution in [0.25, 0.3) is 11.0 Å². The van der Waals surface area contributed by atoms with Crippen molar-refractivity contribution in [1.29, 1.82) is 0 Å². The fourth-order valence-corrected chi connectivity index (χ4v) is 5.35. The molecule has 2 amide bonds. The predicted octanol–water partition coefficient (Wildman–Crippen LogP) is 4.36. The average Bonchev–Trinajstić information content (AvgIpc) is 3.42. The molecular weight excluding hydrogens is 506 g/mol. The third-order valence-electron chi connectivity index (χ3n) is 7.77. The molecule has 0 spiro atoms. The molecule has 1 aliphatic heterocycles. The van der Waals surface area contributed by atoms with E-state index in [0.717, 1.165) is 22.5 Å². The van der Waals surface area contributed by atoms with Crippen LogP contribution in [0.5, 0.6) is 0 Å². The zero-order valence-electron chi connectivity index (χ0n) is 23.7. The lowest BCUT2D eigenvalue weighted by Crippen LogP contribution is -2.47. The number of hydrogen-bond acceptors (Lipinski definition) is 6. The van der Waals surface area contributed by atoms with Crippen LogP contribution in [0.4, 0.5) is 11.4 Å². The molecule has 5 rings (SSSR count). The monoisotopic (exact) mass is 541 g/mol. The summed E-state index contributed by atoms with van der Waals surface area (Å²) in [4.78, 5) is 49.7. The van der Waals surface area contributed by atoms with Gasteiger partial charge < -0.3 is 18.8 Å². The van der Waals surface area contributed by atoms with Crippen LogP contribution in [-0.4, -0.2) is 46.4 Å². The first kappa shape index (κ1) is 27.3. The van der Waals surface area contributed by atoms with Gasteiger partial charge in [0, 0.05) is 52.2 Å². The molecule has 40 heavy (non-hydrogen) atoms. The van der Waals surface area contributed by atoms with Gasteiger partial charge in [0.15, 0.2) is 0 Å². The lowest BCUT2D eigenvalue weighted by molar-refractivity contribution is -0.137. The maximum Gasteiger partial charge on any atom is 0.261 e. The number of pyridine rings is 2. The van der Waals surface area contributed by atoms with Crippen molar-refractivity contribution in [3.05, 3.63) is 88.3 Å². The van der Waals surface area contributed by atoms with Gasteiger partial charge >= 0.3 is 0 Å². The summed E-state index contributed by atoms with van der Waals surface area (Å²) in [6.45, 7) is 10.0. The van der Waals surface area contributed by atoms with Gasteiger partial charge in [-0.05, 0) is 69.2 Å². The number of furan rings is 1. The van der Waals surface area contributed by atoms with Gasteiger partial charge in [0.25, 0.3) is 5.56 Å². The molecule has 4 aromatic rings. The highest BCUT2D eigenvalue weighted by molar-refractivity contribution is 6.19. The summed E-state index contributed by atoms with van der Waals surface area (Å²) in [5, 5.41) is 0.561. The van der Waals surface area contributed by atoms with E-state index in [9.17, 15) is 14.4 Å². The Morgan fingerprint density at radius 2 is 1.80 bits per heavy atom. The maximum absolute atomic E-state index is 13.3. The first-order valence-electron chi connectivity index (χ1n) is 13.5. The van der Waals surface area contributed by atoms with Crippen LogP contribution in [-0.2, 0) is 29.2 Å². The molecule has 0 aliphatic carbocycles. The SMILES string of the molecule is CCN1C(=O)C(C)(C)C(=O)N(C)c2cc(CN(CCn3ccc4occc4c3=O)Cc3ncccc3C)ccc21. The van der Waals surface area contributed by atoms with Crippen LogP contribution in [0.2, 0.25) is 0 Å². The molecule has 1 aliphatic rings. The third kappa shape index (κ3) is 4.93. The second kappa shape index (κ2) is 10.7. The van der Waals surface area contributed by atoms with Gasteiger partial charge in [0.05, 0.1) is 28.7 Å². The van der Waals surface area contributed by atoms with Crippen molar-refractivity contribution >= 4 is 34.2 Å². The number of hydrogen-bond donors (Lipinski definition) is 0. The van der Waals surface area contributed by atoms with Gasteiger partial charge in [-0.2, -0.15) is 0 Å². The van der Waals surface area contributed by atoms with Crippen molar-refractivity contribution in [2.24, 2.45) is 5.41 Å². The van der Waals surface area contributed by atoms with Crippen LogP contribution in [0, 0.1) is 12.3 Å². The molecule has 0 bridgehead atoms. The molecular formula is C31H35N5O4. The summed E-state index contributed by atoms with van der Waals surface area (Å²) in [5.41, 5.74) is 3.82. The van der Waals surface area contributed by atoms with E-state index in [0.29, 0.717) is 49.4 Å². The zero-order chi connectivity index (χ0) is 28.6. The summed E-state index contributed by atoms with van der Waals surface area (Å²) in [6, 6.07) is 13.4. The van der Waals surface area contributed by atoms with Crippen LogP contribution < -0.4 is 15.4 Å². The van der Waals surface area contributed by atoms with Crippen molar-refractivity contribution in [3.63, 3.8) is 0 Å². The Labute approximate surface area is 233 Å². The van der Waals surface area contributed by atoms with Crippen molar-refractivity contribution < 1.29 is 14.0 Å². The lowest BCUT2D eigenvalue weighted by Gasteiger charge is -2.27.